The van der Waals surface area contributed by atoms with Crippen molar-refractivity contribution in [2.75, 3.05) is 18.1 Å². The third-order valence-corrected chi connectivity index (χ3v) is 2.87. The van der Waals surface area contributed by atoms with Gasteiger partial charge in [-0.1, -0.05) is 11.6 Å². The van der Waals surface area contributed by atoms with Crippen LogP contribution in [0.5, 0.6) is 0 Å². The summed E-state index contributed by atoms with van der Waals surface area (Å²) in [5.41, 5.74) is 17.6. The van der Waals surface area contributed by atoms with Crippen molar-refractivity contribution < 1.29 is 5.11 Å². The van der Waals surface area contributed by atoms with Crippen molar-refractivity contribution in [2.24, 2.45) is 0 Å². The molecule has 88 valence electrons. The summed E-state index contributed by atoms with van der Waals surface area (Å²) in [5.74, 6) is 0. The van der Waals surface area contributed by atoms with Crippen molar-refractivity contribution in [3.8, 4) is 0 Å². The van der Waals surface area contributed by atoms with E-state index in [1.54, 1.807) is 0 Å². The number of aliphatic hydroxyl groups excluding tert-OH is 1. The first-order valence-corrected chi connectivity index (χ1v) is 5.41. The SMILES string of the molecule is CC(C)=C(C)c1c(N)ccc(CCO)c1N. The lowest BCUT2D eigenvalue weighted by molar-refractivity contribution is 0.300. The standard InChI is InChI=1S/C13H20N2O/c1-8(2)9(3)12-11(14)5-4-10(6-7-16)13(12)15/h4-5,16H,6-7,14-15H2,1-3H3. The van der Waals surface area contributed by atoms with Crippen molar-refractivity contribution >= 4 is 16.9 Å². The molecule has 0 radical (unpaired) electrons. The smallest absolute Gasteiger partial charge is 0.0472 e. The van der Waals surface area contributed by atoms with Crippen molar-refractivity contribution in [1.29, 1.82) is 0 Å². The Kier molecular flexibility index (Phi) is 3.96. The van der Waals surface area contributed by atoms with Gasteiger partial charge in [-0.25, -0.2) is 0 Å². The number of rotatable bonds is 3. The van der Waals surface area contributed by atoms with Gasteiger partial charge in [0.2, 0.25) is 0 Å². The first kappa shape index (κ1) is 12.6. The number of hydrogen-bond acceptors (Lipinski definition) is 3. The van der Waals surface area contributed by atoms with Crippen LogP contribution in [0.1, 0.15) is 31.9 Å². The van der Waals surface area contributed by atoms with E-state index in [2.05, 4.69) is 0 Å². The molecule has 0 aliphatic heterocycles. The van der Waals surface area contributed by atoms with Crippen LogP contribution >= 0.6 is 0 Å². The van der Waals surface area contributed by atoms with E-state index in [9.17, 15) is 0 Å². The maximum absolute atomic E-state index is 8.95. The molecular weight excluding hydrogens is 200 g/mol. The van der Waals surface area contributed by atoms with E-state index in [-0.39, 0.29) is 6.61 Å². The molecule has 5 N–H and O–H groups in total. The molecule has 0 saturated carbocycles. The molecule has 0 bridgehead atoms. The quantitative estimate of drug-likeness (QED) is 0.684. The Balaban J connectivity index is 3.38. The lowest BCUT2D eigenvalue weighted by Crippen LogP contribution is -2.05. The molecule has 0 spiro atoms. The fourth-order valence-corrected chi connectivity index (χ4v) is 1.69. The molecule has 0 atom stereocenters. The third kappa shape index (κ3) is 2.36. The molecule has 0 amide bonds. The first-order valence-electron chi connectivity index (χ1n) is 5.41. The second-order valence-corrected chi connectivity index (χ2v) is 4.20. The molecule has 3 nitrogen and oxygen atoms in total. The minimum Gasteiger partial charge on any atom is -0.398 e. The topological polar surface area (TPSA) is 72.3 Å². The number of anilines is 2. The van der Waals surface area contributed by atoms with Crippen molar-refractivity contribution in [1.82, 2.24) is 0 Å². The fourth-order valence-electron chi connectivity index (χ4n) is 1.69. The summed E-state index contributed by atoms with van der Waals surface area (Å²) >= 11 is 0. The highest BCUT2D eigenvalue weighted by Gasteiger charge is 2.11. The van der Waals surface area contributed by atoms with E-state index in [1.807, 2.05) is 32.9 Å². The van der Waals surface area contributed by atoms with Crippen LogP contribution in [0.4, 0.5) is 11.4 Å². The number of allylic oxidation sites excluding steroid dienone is 2. The number of benzene rings is 1. The van der Waals surface area contributed by atoms with Crippen molar-refractivity contribution in [3.05, 3.63) is 28.8 Å². The summed E-state index contributed by atoms with van der Waals surface area (Å²) in [7, 11) is 0. The average Bonchev–Trinajstić information content (AvgIpc) is 2.22. The minimum absolute atomic E-state index is 0.0986. The molecule has 1 rings (SSSR count). The lowest BCUT2D eigenvalue weighted by Gasteiger charge is -2.15. The van der Waals surface area contributed by atoms with Gasteiger partial charge in [0.15, 0.2) is 0 Å². The summed E-state index contributed by atoms with van der Waals surface area (Å²) in [5, 5.41) is 8.95. The van der Waals surface area contributed by atoms with Crippen molar-refractivity contribution in [3.63, 3.8) is 0 Å². The lowest BCUT2D eigenvalue weighted by atomic mass is 9.95. The van der Waals surface area contributed by atoms with Crippen molar-refractivity contribution in [2.45, 2.75) is 27.2 Å². The summed E-state index contributed by atoms with van der Waals surface area (Å²) < 4.78 is 0. The van der Waals surface area contributed by atoms with Gasteiger partial charge in [0, 0.05) is 23.5 Å². The van der Waals surface area contributed by atoms with Gasteiger partial charge >= 0.3 is 0 Å². The zero-order chi connectivity index (χ0) is 12.3. The second kappa shape index (κ2) is 5.03. The third-order valence-electron chi connectivity index (χ3n) is 2.87. The highest BCUT2D eigenvalue weighted by molar-refractivity contribution is 5.85. The molecule has 0 aliphatic carbocycles. The Morgan fingerprint density at radius 2 is 1.81 bits per heavy atom. The van der Waals surface area contributed by atoms with E-state index in [4.69, 9.17) is 16.6 Å². The second-order valence-electron chi connectivity index (χ2n) is 4.20. The molecule has 16 heavy (non-hydrogen) atoms. The summed E-state index contributed by atoms with van der Waals surface area (Å²) in [6.07, 6.45) is 0.565. The van der Waals surface area contributed by atoms with Gasteiger partial charge in [0.1, 0.15) is 0 Å². The number of nitrogen functional groups attached to an aromatic ring is 2. The van der Waals surface area contributed by atoms with Crippen LogP contribution in [-0.4, -0.2) is 11.7 Å². The largest absolute Gasteiger partial charge is 0.398 e. The van der Waals surface area contributed by atoms with Gasteiger partial charge in [0.05, 0.1) is 0 Å². The van der Waals surface area contributed by atoms with Crippen LogP contribution < -0.4 is 11.5 Å². The van der Waals surface area contributed by atoms with Gasteiger partial charge in [0.25, 0.3) is 0 Å². The molecule has 1 aromatic rings. The molecular formula is C13H20N2O. The van der Waals surface area contributed by atoms with E-state index in [0.717, 1.165) is 16.7 Å². The summed E-state index contributed by atoms with van der Waals surface area (Å²) in [4.78, 5) is 0. The summed E-state index contributed by atoms with van der Waals surface area (Å²) in [6.45, 7) is 6.18. The molecule has 1 aromatic carbocycles. The molecule has 0 aromatic heterocycles. The summed E-state index contributed by atoms with van der Waals surface area (Å²) in [6, 6.07) is 3.73. The van der Waals surface area contributed by atoms with Crippen LogP contribution in [0.2, 0.25) is 0 Å². The van der Waals surface area contributed by atoms with Crippen LogP contribution in [0, 0.1) is 0 Å². The Hall–Kier alpha value is -1.48. The highest BCUT2D eigenvalue weighted by Crippen LogP contribution is 2.32. The van der Waals surface area contributed by atoms with Gasteiger partial charge in [-0.3, -0.25) is 0 Å². The first-order chi connectivity index (χ1) is 7.49. The Morgan fingerprint density at radius 3 is 2.31 bits per heavy atom. The molecule has 0 saturated heterocycles. The highest BCUT2D eigenvalue weighted by atomic mass is 16.2. The molecule has 0 fully saturated rings. The molecule has 0 aliphatic rings. The monoisotopic (exact) mass is 220 g/mol. The maximum atomic E-state index is 8.95. The predicted octanol–water partition coefficient (Wildman–Crippen LogP) is 2.20. The number of aliphatic hydroxyl groups is 1. The van der Waals surface area contributed by atoms with E-state index in [1.165, 1.54) is 5.57 Å². The Bertz CT molecular complexity index is 418. The predicted molar refractivity (Wildman–Crippen MR) is 70.0 cm³/mol. The van der Waals surface area contributed by atoms with Gasteiger partial charge in [-0.05, 0) is 44.4 Å². The van der Waals surface area contributed by atoms with Crippen LogP contribution in [0.3, 0.4) is 0 Å². The molecule has 0 unspecified atom stereocenters. The van der Waals surface area contributed by atoms with E-state index in [0.29, 0.717) is 17.8 Å². The number of hydrogen-bond donors (Lipinski definition) is 3. The van der Waals surface area contributed by atoms with Gasteiger partial charge in [-0.15, -0.1) is 0 Å². The van der Waals surface area contributed by atoms with Crippen LogP contribution in [0.15, 0.2) is 17.7 Å². The zero-order valence-corrected chi connectivity index (χ0v) is 10.2. The Morgan fingerprint density at radius 1 is 1.19 bits per heavy atom. The normalized spacial score (nSPS) is 10.2. The average molecular weight is 220 g/mol. The van der Waals surface area contributed by atoms with Crippen LogP contribution in [-0.2, 0) is 6.42 Å². The maximum Gasteiger partial charge on any atom is 0.0472 e. The van der Waals surface area contributed by atoms with E-state index >= 15 is 0 Å². The van der Waals surface area contributed by atoms with E-state index < -0.39 is 0 Å². The fraction of sp³-hybridized carbons (Fsp3) is 0.385. The molecule has 0 heterocycles. The number of nitrogens with two attached hydrogens (primary N) is 2. The molecule has 3 heteroatoms. The minimum atomic E-state index is 0.0986. The van der Waals surface area contributed by atoms with Gasteiger partial charge < -0.3 is 16.6 Å². The van der Waals surface area contributed by atoms with Gasteiger partial charge in [-0.2, -0.15) is 0 Å². The zero-order valence-electron chi connectivity index (χ0n) is 10.2. The Labute approximate surface area is 96.8 Å². The van der Waals surface area contributed by atoms with Crippen LogP contribution in [0.25, 0.3) is 5.57 Å².